The number of carbonyl (C=O) groups is 2. The molecule has 8 heterocycles. The lowest BCUT2D eigenvalue weighted by Crippen LogP contribution is -2.45. The van der Waals surface area contributed by atoms with Gasteiger partial charge in [-0.15, -0.1) is 0 Å². The van der Waals surface area contributed by atoms with Gasteiger partial charge in [-0.2, -0.15) is 0 Å². The molecule has 4 aliphatic heterocycles. The van der Waals surface area contributed by atoms with Gasteiger partial charge in [0.1, 0.15) is 17.0 Å². The first kappa shape index (κ1) is 30.0. The Labute approximate surface area is 281 Å². The SMILES string of the molecule is COc1cc(C(=O)N2[C@H]3CC[C@@H]2[C@H](N)C3)cc2nc(-c3cc4ccc(C5CCN(C(=O)N6CCCC6)CC5)nc4n3CC3CC3)c(C)n12. The van der Waals surface area contributed by atoms with Crippen LogP contribution < -0.4 is 10.5 Å². The van der Waals surface area contributed by atoms with Crippen molar-refractivity contribution in [2.45, 2.75) is 95.3 Å². The standard InChI is InChI=1S/C37H46N8O3/c1-22-34(40-32-18-26(19-33(48-2)44(22)32)36(46)45-27-8-10-30(45)28(38)20-27)31-17-25-7-9-29(39-35(25)43(31)21-23-5-6-23)24-11-15-42(16-12-24)37(47)41-13-3-4-14-41/h7,9,17-19,23-24,27-28,30H,3-6,8,10-16,20-21,38H2,1-2H3/t27-,28+,30+/m0/s1. The molecule has 2 bridgehead atoms. The minimum absolute atomic E-state index is 0.0178. The molecule has 4 saturated heterocycles. The van der Waals surface area contributed by atoms with Crippen molar-refractivity contribution in [2.24, 2.45) is 11.7 Å². The fourth-order valence-electron chi connectivity index (χ4n) is 9.08. The Kier molecular flexibility index (Phi) is 7.18. The summed E-state index contributed by atoms with van der Waals surface area (Å²) in [6.45, 7) is 6.34. The molecule has 48 heavy (non-hydrogen) atoms. The molecule has 5 aliphatic rings. The monoisotopic (exact) mass is 650 g/mol. The van der Waals surface area contributed by atoms with E-state index >= 15 is 0 Å². The number of hydrogen-bond donors (Lipinski definition) is 1. The maximum atomic E-state index is 13.8. The minimum Gasteiger partial charge on any atom is -0.482 e. The van der Waals surface area contributed by atoms with Crippen LogP contribution in [0.4, 0.5) is 4.79 Å². The Bertz CT molecular complexity index is 1910. The second kappa shape index (κ2) is 11.5. The molecule has 3 amide bonds. The van der Waals surface area contributed by atoms with Crippen LogP contribution in [0.15, 0.2) is 30.3 Å². The third-order valence-electron chi connectivity index (χ3n) is 11.9. The normalized spacial score (nSPS) is 24.5. The molecule has 2 N–H and O–H groups in total. The van der Waals surface area contributed by atoms with Crippen LogP contribution in [0.5, 0.6) is 5.88 Å². The lowest BCUT2D eigenvalue weighted by Gasteiger charge is -2.34. The van der Waals surface area contributed by atoms with Crippen LogP contribution in [0.1, 0.15) is 85.5 Å². The Hall–Kier alpha value is -4.12. The lowest BCUT2D eigenvalue weighted by molar-refractivity contribution is 0.0726. The molecule has 11 nitrogen and oxygen atoms in total. The van der Waals surface area contributed by atoms with E-state index < -0.39 is 0 Å². The number of ether oxygens (including phenoxy) is 1. The van der Waals surface area contributed by atoms with Crippen LogP contribution in [0.25, 0.3) is 28.1 Å². The van der Waals surface area contributed by atoms with E-state index in [9.17, 15) is 9.59 Å². The topological polar surface area (TPSA) is 114 Å². The number of carbonyl (C=O) groups excluding carboxylic acids is 2. The highest BCUT2D eigenvalue weighted by Crippen LogP contribution is 2.40. The second-order valence-corrected chi connectivity index (χ2v) is 14.9. The van der Waals surface area contributed by atoms with Crippen LogP contribution in [-0.2, 0) is 6.54 Å². The van der Waals surface area contributed by atoms with Crippen molar-refractivity contribution in [2.75, 3.05) is 33.3 Å². The Morgan fingerprint density at radius 3 is 2.40 bits per heavy atom. The zero-order chi connectivity index (χ0) is 32.7. The molecule has 3 atom stereocenters. The highest BCUT2D eigenvalue weighted by atomic mass is 16.5. The van der Waals surface area contributed by atoms with Crippen molar-refractivity contribution >= 4 is 28.6 Å². The summed E-state index contributed by atoms with van der Waals surface area (Å²) in [4.78, 5) is 43.4. The lowest BCUT2D eigenvalue weighted by atomic mass is 9.93. The van der Waals surface area contributed by atoms with Crippen molar-refractivity contribution in [1.29, 1.82) is 0 Å². The van der Waals surface area contributed by atoms with E-state index in [4.69, 9.17) is 20.4 Å². The summed E-state index contributed by atoms with van der Waals surface area (Å²) in [6, 6.07) is 11.0. The van der Waals surface area contributed by atoms with Crippen molar-refractivity contribution in [3.63, 3.8) is 0 Å². The van der Waals surface area contributed by atoms with E-state index in [1.54, 1.807) is 7.11 Å². The third-order valence-corrected chi connectivity index (χ3v) is 11.9. The molecule has 0 aromatic carbocycles. The predicted octanol–water partition coefficient (Wildman–Crippen LogP) is 5.18. The first-order chi connectivity index (χ1) is 23.4. The largest absolute Gasteiger partial charge is 0.482 e. The van der Waals surface area contributed by atoms with Crippen LogP contribution in [0.2, 0.25) is 0 Å². The fourth-order valence-corrected chi connectivity index (χ4v) is 9.08. The number of aromatic nitrogens is 4. The van der Waals surface area contributed by atoms with E-state index in [0.29, 0.717) is 28.9 Å². The summed E-state index contributed by atoms with van der Waals surface area (Å²) in [6.07, 6.45) is 9.44. The summed E-state index contributed by atoms with van der Waals surface area (Å²) in [7, 11) is 1.65. The van der Waals surface area contributed by atoms with Gasteiger partial charge in [0.2, 0.25) is 0 Å². The molecule has 9 rings (SSSR count). The molecule has 0 unspecified atom stereocenters. The number of pyridine rings is 2. The molecular weight excluding hydrogens is 604 g/mol. The maximum Gasteiger partial charge on any atom is 0.319 e. The number of nitrogens with two attached hydrogens (primary N) is 1. The number of nitrogens with zero attached hydrogens (tertiary/aromatic N) is 7. The molecular formula is C37H46N8O3. The Balaban J connectivity index is 1.05. The van der Waals surface area contributed by atoms with Gasteiger partial charge in [0.15, 0.2) is 5.88 Å². The van der Waals surface area contributed by atoms with Crippen molar-refractivity contribution in [3.05, 3.63) is 47.3 Å². The molecule has 1 saturated carbocycles. The number of imidazole rings is 1. The number of amides is 3. The number of fused-ring (bicyclic) bond motifs is 4. The number of rotatable bonds is 6. The number of piperidine rings is 1. The molecule has 1 aliphatic carbocycles. The van der Waals surface area contributed by atoms with Gasteiger partial charge < -0.3 is 29.7 Å². The first-order valence-corrected chi connectivity index (χ1v) is 18.1. The van der Waals surface area contributed by atoms with E-state index in [1.165, 1.54) is 12.8 Å². The van der Waals surface area contributed by atoms with Gasteiger partial charge in [-0.25, -0.2) is 14.8 Å². The predicted molar refractivity (Wildman–Crippen MR) is 183 cm³/mol. The average molecular weight is 651 g/mol. The summed E-state index contributed by atoms with van der Waals surface area (Å²) in [5, 5.41) is 1.11. The van der Waals surface area contributed by atoms with E-state index in [2.05, 4.69) is 29.7 Å². The molecule has 11 heteroatoms. The van der Waals surface area contributed by atoms with Crippen LogP contribution in [-0.4, -0.2) is 97.0 Å². The van der Waals surface area contributed by atoms with Crippen LogP contribution in [0, 0.1) is 12.8 Å². The number of hydrogen-bond acceptors (Lipinski definition) is 6. The zero-order valence-electron chi connectivity index (χ0n) is 28.1. The van der Waals surface area contributed by atoms with Gasteiger partial charge in [-0.3, -0.25) is 9.20 Å². The highest BCUT2D eigenvalue weighted by Gasteiger charge is 2.47. The van der Waals surface area contributed by atoms with Gasteiger partial charge in [0.25, 0.3) is 5.91 Å². The number of urea groups is 1. The summed E-state index contributed by atoms with van der Waals surface area (Å²) < 4.78 is 10.3. The molecule has 0 spiro atoms. The molecule has 0 radical (unpaired) electrons. The number of likely N-dealkylation sites (tertiary alicyclic amines) is 2. The molecule has 4 aromatic heterocycles. The number of methoxy groups -OCH3 is 1. The van der Waals surface area contributed by atoms with Crippen LogP contribution >= 0.6 is 0 Å². The molecule has 4 aromatic rings. The van der Waals surface area contributed by atoms with E-state index in [0.717, 1.165) is 111 Å². The van der Waals surface area contributed by atoms with Gasteiger partial charge in [0, 0.05) is 79.5 Å². The Morgan fingerprint density at radius 1 is 0.938 bits per heavy atom. The van der Waals surface area contributed by atoms with Crippen LogP contribution in [0.3, 0.4) is 0 Å². The highest BCUT2D eigenvalue weighted by molar-refractivity contribution is 5.97. The number of aryl methyl sites for hydroxylation is 1. The van der Waals surface area contributed by atoms with Crippen molar-refractivity contribution in [3.8, 4) is 17.3 Å². The van der Waals surface area contributed by atoms with E-state index in [-0.39, 0.29) is 30.1 Å². The summed E-state index contributed by atoms with van der Waals surface area (Å²) in [5.74, 6) is 1.59. The quantitative estimate of drug-likeness (QED) is 0.308. The fraction of sp³-hybridized carbons (Fsp3) is 0.568. The third kappa shape index (κ3) is 4.87. The zero-order valence-corrected chi connectivity index (χ0v) is 28.1. The first-order valence-electron chi connectivity index (χ1n) is 18.1. The van der Waals surface area contributed by atoms with Gasteiger partial charge in [-0.05, 0) is 94.9 Å². The van der Waals surface area contributed by atoms with E-state index in [1.807, 2.05) is 31.2 Å². The van der Waals surface area contributed by atoms with Crippen molar-refractivity contribution < 1.29 is 14.3 Å². The average Bonchev–Trinajstić information content (AvgIpc) is 3.52. The molecule has 5 fully saturated rings. The summed E-state index contributed by atoms with van der Waals surface area (Å²) >= 11 is 0. The van der Waals surface area contributed by atoms with Gasteiger partial charge in [0.05, 0.1) is 18.5 Å². The van der Waals surface area contributed by atoms with Crippen molar-refractivity contribution in [1.82, 2.24) is 33.6 Å². The van der Waals surface area contributed by atoms with Gasteiger partial charge >= 0.3 is 6.03 Å². The Morgan fingerprint density at radius 2 is 1.71 bits per heavy atom. The second-order valence-electron chi connectivity index (χ2n) is 14.9. The summed E-state index contributed by atoms with van der Waals surface area (Å²) in [5.41, 5.74) is 12.7. The maximum absolute atomic E-state index is 13.8. The smallest absolute Gasteiger partial charge is 0.319 e. The van der Waals surface area contributed by atoms with Gasteiger partial charge in [-0.1, -0.05) is 0 Å². The molecule has 252 valence electrons. The minimum atomic E-state index is 0.0178.